The zero-order chi connectivity index (χ0) is 13.7. The maximum atomic E-state index is 11.8. The Morgan fingerprint density at radius 1 is 1.21 bits per heavy atom. The molecule has 1 aliphatic heterocycles. The summed E-state index contributed by atoms with van der Waals surface area (Å²) in [5.41, 5.74) is 1.76. The van der Waals surface area contributed by atoms with Crippen LogP contribution in [0.5, 0.6) is 0 Å². The van der Waals surface area contributed by atoms with Gasteiger partial charge >= 0.3 is 5.97 Å². The highest BCUT2D eigenvalue weighted by atomic mass is 32.1. The van der Waals surface area contributed by atoms with Crippen LogP contribution in [0.15, 0.2) is 24.3 Å². The minimum atomic E-state index is -0.243. The van der Waals surface area contributed by atoms with Gasteiger partial charge in [0.1, 0.15) is 6.61 Å². The Morgan fingerprint density at radius 3 is 2.47 bits per heavy atom. The molecule has 1 aliphatic rings. The fourth-order valence-electron chi connectivity index (χ4n) is 2.00. The molecule has 0 saturated carbocycles. The Kier molecular flexibility index (Phi) is 5.24. The van der Waals surface area contributed by atoms with Gasteiger partial charge in [0, 0.05) is 32.7 Å². The maximum absolute atomic E-state index is 11.8. The third-order valence-corrected chi connectivity index (χ3v) is 3.68. The van der Waals surface area contributed by atoms with Crippen molar-refractivity contribution in [2.24, 2.45) is 0 Å². The lowest BCUT2D eigenvalue weighted by atomic mass is 10.1. The Morgan fingerprint density at radius 2 is 1.84 bits per heavy atom. The summed E-state index contributed by atoms with van der Waals surface area (Å²) in [4.78, 5) is 14.1. The summed E-state index contributed by atoms with van der Waals surface area (Å²) in [7, 11) is 0. The van der Waals surface area contributed by atoms with Crippen molar-refractivity contribution in [3.8, 4) is 0 Å². The van der Waals surface area contributed by atoms with E-state index in [4.69, 9.17) is 4.74 Å². The molecule has 1 aromatic carbocycles. The van der Waals surface area contributed by atoms with Crippen LogP contribution in [0.1, 0.15) is 15.9 Å². The molecule has 5 heteroatoms. The van der Waals surface area contributed by atoms with Gasteiger partial charge < -0.3 is 4.74 Å². The monoisotopic (exact) mass is 280 g/mol. The molecule has 0 unspecified atom stereocenters. The second-order valence-corrected chi connectivity index (χ2v) is 5.36. The van der Waals surface area contributed by atoms with Crippen LogP contribution in [0.25, 0.3) is 0 Å². The molecule has 0 atom stereocenters. The van der Waals surface area contributed by atoms with Crippen molar-refractivity contribution in [3.05, 3.63) is 35.4 Å². The summed E-state index contributed by atoms with van der Waals surface area (Å²) in [6.45, 7) is 7.09. The van der Waals surface area contributed by atoms with Crippen molar-refractivity contribution in [1.29, 1.82) is 0 Å². The van der Waals surface area contributed by atoms with Crippen LogP contribution in [-0.4, -0.2) is 54.5 Å². The first-order valence-corrected chi connectivity index (χ1v) is 6.95. The standard InChI is InChI=1S/C14H20N2O2S/c1-12-2-4-13(5-3-12)14(17)18-11-10-15-6-8-16(19)9-7-15/h2-5,19H,6-11H2,1H3. The van der Waals surface area contributed by atoms with E-state index in [0.717, 1.165) is 38.3 Å². The van der Waals surface area contributed by atoms with E-state index in [1.165, 1.54) is 0 Å². The maximum Gasteiger partial charge on any atom is 0.338 e. The quantitative estimate of drug-likeness (QED) is 0.671. The lowest BCUT2D eigenvalue weighted by Crippen LogP contribution is -2.43. The van der Waals surface area contributed by atoms with E-state index in [2.05, 4.69) is 17.7 Å². The number of rotatable bonds is 4. The molecule has 4 nitrogen and oxygen atoms in total. The largest absolute Gasteiger partial charge is 0.461 e. The smallest absolute Gasteiger partial charge is 0.338 e. The number of esters is 1. The Balaban J connectivity index is 1.70. The summed E-state index contributed by atoms with van der Waals surface area (Å²) in [5.74, 6) is -0.243. The zero-order valence-electron chi connectivity index (χ0n) is 11.2. The number of nitrogens with zero attached hydrogens (tertiary/aromatic N) is 2. The number of carbonyl (C=O) groups excluding carboxylic acids is 1. The summed E-state index contributed by atoms with van der Waals surface area (Å²) in [6, 6.07) is 7.44. The number of benzene rings is 1. The second kappa shape index (κ2) is 6.93. The van der Waals surface area contributed by atoms with Crippen LogP contribution >= 0.6 is 12.8 Å². The highest BCUT2D eigenvalue weighted by molar-refractivity contribution is 7.77. The van der Waals surface area contributed by atoms with E-state index in [1.54, 1.807) is 12.1 Å². The molecule has 1 aromatic rings. The predicted molar refractivity (Wildman–Crippen MR) is 78.5 cm³/mol. The molecule has 104 valence electrons. The SMILES string of the molecule is Cc1ccc(C(=O)OCCN2CCN(S)CC2)cc1. The minimum Gasteiger partial charge on any atom is -0.461 e. The van der Waals surface area contributed by atoms with Gasteiger partial charge in [0.25, 0.3) is 0 Å². The molecule has 19 heavy (non-hydrogen) atoms. The van der Waals surface area contributed by atoms with E-state index in [0.29, 0.717) is 12.2 Å². The van der Waals surface area contributed by atoms with Crippen molar-refractivity contribution >= 4 is 18.8 Å². The van der Waals surface area contributed by atoms with Gasteiger partial charge in [0.2, 0.25) is 0 Å². The zero-order valence-corrected chi connectivity index (χ0v) is 12.1. The van der Waals surface area contributed by atoms with Gasteiger partial charge in [-0.05, 0) is 19.1 Å². The topological polar surface area (TPSA) is 32.8 Å². The van der Waals surface area contributed by atoms with E-state index in [-0.39, 0.29) is 5.97 Å². The number of thiol groups is 1. The molecule has 0 amide bonds. The van der Waals surface area contributed by atoms with E-state index in [1.807, 2.05) is 23.4 Å². The molecule has 0 aliphatic carbocycles. The van der Waals surface area contributed by atoms with Gasteiger partial charge in [-0.25, -0.2) is 4.79 Å². The molecule has 0 bridgehead atoms. The van der Waals surface area contributed by atoms with Gasteiger partial charge in [0.05, 0.1) is 5.56 Å². The summed E-state index contributed by atoms with van der Waals surface area (Å²) in [5, 5.41) is 0. The average Bonchev–Trinajstić information content (AvgIpc) is 2.41. The number of hydrogen-bond donors (Lipinski definition) is 1. The Hall–Kier alpha value is -1.04. The Bertz CT molecular complexity index is 414. The van der Waals surface area contributed by atoms with E-state index >= 15 is 0 Å². The first kappa shape index (κ1) is 14.4. The fourth-order valence-corrected chi connectivity index (χ4v) is 2.18. The van der Waals surface area contributed by atoms with Crippen LogP contribution in [0.3, 0.4) is 0 Å². The van der Waals surface area contributed by atoms with Crippen molar-refractivity contribution < 1.29 is 9.53 Å². The van der Waals surface area contributed by atoms with Crippen LogP contribution in [-0.2, 0) is 4.74 Å². The molecule has 0 N–H and O–H groups in total. The highest BCUT2D eigenvalue weighted by Crippen LogP contribution is 2.06. The van der Waals surface area contributed by atoms with Gasteiger partial charge in [0.15, 0.2) is 0 Å². The van der Waals surface area contributed by atoms with Crippen LogP contribution < -0.4 is 0 Å². The normalized spacial score (nSPS) is 17.4. The van der Waals surface area contributed by atoms with Crippen molar-refractivity contribution in [1.82, 2.24) is 9.21 Å². The summed E-state index contributed by atoms with van der Waals surface area (Å²) in [6.07, 6.45) is 0. The van der Waals surface area contributed by atoms with Gasteiger partial charge in [-0.3, -0.25) is 9.21 Å². The predicted octanol–water partition coefficient (Wildman–Crippen LogP) is 1.61. The highest BCUT2D eigenvalue weighted by Gasteiger charge is 2.14. The van der Waals surface area contributed by atoms with Crippen LogP contribution in [0.2, 0.25) is 0 Å². The molecule has 0 radical (unpaired) electrons. The lowest BCUT2D eigenvalue weighted by Gasteiger charge is -2.31. The number of aryl methyl sites for hydroxylation is 1. The first-order valence-electron chi connectivity index (χ1n) is 6.55. The molecule has 2 rings (SSSR count). The number of ether oxygens (including phenoxy) is 1. The molecule has 1 heterocycles. The van der Waals surface area contributed by atoms with Crippen molar-refractivity contribution in [3.63, 3.8) is 0 Å². The third-order valence-electron chi connectivity index (χ3n) is 3.28. The lowest BCUT2D eigenvalue weighted by molar-refractivity contribution is 0.0446. The molecule has 1 fully saturated rings. The minimum absolute atomic E-state index is 0.243. The molecule has 0 aromatic heterocycles. The number of carbonyl (C=O) groups is 1. The van der Waals surface area contributed by atoms with Crippen molar-refractivity contribution in [2.75, 3.05) is 39.3 Å². The fraction of sp³-hybridized carbons (Fsp3) is 0.500. The van der Waals surface area contributed by atoms with E-state index < -0.39 is 0 Å². The van der Waals surface area contributed by atoms with Crippen LogP contribution in [0.4, 0.5) is 0 Å². The number of piperazine rings is 1. The molecule has 0 spiro atoms. The average molecular weight is 280 g/mol. The molecular formula is C14H20N2O2S. The molecular weight excluding hydrogens is 260 g/mol. The Labute approximate surface area is 119 Å². The molecule has 1 saturated heterocycles. The van der Waals surface area contributed by atoms with Gasteiger partial charge in [-0.2, -0.15) is 0 Å². The van der Waals surface area contributed by atoms with Gasteiger partial charge in [-0.15, -0.1) is 0 Å². The third kappa shape index (κ3) is 4.53. The summed E-state index contributed by atoms with van der Waals surface area (Å²) >= 11 is 4.30. The van der Waals surface area contributed by atoms with E-state index in [9.17, 15) is 4.79 Å². The van der Waals surface area contributed by atoms with Crippen molar-refractivity contribution in [2.45, 2.75) is 6.92 Å². The van der Waals surface area contributed by atoms with Crippen LogP contribution in [0, 0.1) is 6.92 Å². The summed E-state index contributed by atoms with van der Waals surface area (Å²) < 4.78 is 7.29. The van der Waals surface area contributed by atoms with Gasteiger partial charge in [-0.1, -0.05) is 30.5 Å². The first-order chi connectivity index (χ1) is 9.15. The second-order valence-electron chi connectivity index (χ2n) is 4.80. The number of hydrogen-bond acceptors (Lipinski definition) is 5.